The van der Waals surface area contributed by atoms with Gasteiger partial charge in [-0.2, -0.15) is 5.26 Å². The summed E-state index contributed by atoms with van der Waals surface area (Å²) >= 11 is 6.15. The largest absolute Gasteiger partial charge is 0.492 e. The Morgan fingerprint density at radius 3 is 2.68 bits per heavy atom. The molecule has 0 aliphatic carbocycles. The second-order valence-electron chi connectivity index (χ2n) is 8.26. The van der Waals surface area contributed by atoms with Crippen molar-refractivity contribution in [3.05, 3.63) is 88.5 Å². The van der Waals surface area contributed by atoms with E-state index in [1.54, 1.807) is 12.1 Å². The van der Waals surface area contributed by atoms with Crippen LogP contribution in [0.1, 0.15) is 35.8 Å². The number of benzene rings is 2. The lowest BCUT2D eigenvalue weighted by atomic mass is 9.98. The summed E-state index contributed by atoms with van der Waals surface area (Å²) in [5.41, 5.74) is 8.87. The standard InChI is InChI=1S/C26H27ClFN5O/c1-18(24-8-6-22(28)16-31-24)32-11-12-33(26(17-32)19-2-4-21(27)5-3-19)25-9-7-23(34-13-10-29)14-20(25)15-30/h2-9,14,16,18,26H,10-13,17,29H2,1H3/t18-,26+/m1/s1. The first-order valence-electron chi connectivity index (χ1n) is 11.2. The van der Waals surface area contributed by atoms with Gasteiger partial charge < -0.3 is 15.4 Å². The predicted octanol–water partition coefficient (Wildman–Crippen LogP) is 4.71. The maximum Gasteiger partial charge on any atom is 0.141 e. The maximum absolute atomic E-state index is 13.4. The number of aromatic nitrogens is 1. The Kier molecular flexibility index (Phi) is 7.63. The van der Waals surface area contributed by atoms with Gasteiger partial charge >= 0.3 is 0 Å². The molecular formula is C26H27ClFN5O. The number of hydrogen-bond acceptors (Lipinski definition) is 6. The minimum atomic E-state index is -0.345. The number of halogens is 2. The van der Waals surface area contributed by atoms with Crippen LogP contribution in [0.4, 0.5) is 10.1 Å². The number of nitrogens with two attached hydrogens (primary N) is 1. The monoisotopic (exact) mass is 479 g/mol. The van der Waals surface area contributed by atoms with E-state index in [0.29, 0.717) is 42.6 Å². The zero-order chi connectivity index (χ0) is 24.1. The molecule has 1 aliphatic rings. The number of rotatable bonds is 7. The van der Waals surface area contributed by atoms with Crippen molar-refractivity contribution in [2.24, 2.45) is 5.73 Å². The highest BCUT2D eigenvalue weighted by Gasteiger charge is 2.32. The van der Waals surface area contributed by atoms with Crippen LogP contribution < -0.4 is 15.4 Å². The summed E-state index contributed by atoms with van der Waals surface area (Å²) in [6.07, 6.45) is 1.26. The van der Waals surface area contributed by atoms with E-state index in [2.05, 4.69) is 27.8 Å². The van der Waals surface area contributed by atoms with E-state index >= 15 is 0 Å². The molecule has 0 spiro atoms. The molecule has 4 rings (SSSR count). The molecule has 0 bridgehead atoms. The van der Waals surface area contributed by atoms with Gasteiger partial charge in [0.2, 0.25) is 0 Å². The first-order chi connectivity index (χ1) is 16.5. The molecule has 0 saturated carbocycles. The number of piperazine rings is 1. The third-order valence-corrected chi connectivity index (χ3v) is 6.43. The van der Waals surface area contributed by atoms with Gasteiger partial charge in [0.25, 0.3) is 0 Å². The first kappa shape index (κ1) is 24.0. The Labute approximate surface area is 204 Å². The molecule has 1 saturated heterocycles. The summed E-state index contributed by atoms with van der Waals surface area (Å²) < 4.78 is 19.0. The van der Waals surface area contributed by atoms with Crippen LogP contribution in [-0.4, -0.2) is 42.7 Å². The second-order valence-corrected chi connectivity index (χ2v) is 8.70. The molecule has 0 amide bonds. The van der Waals surface area contributed by atoms with Crippen molar-refractivity contribution >= 4 is 17.3 Å². The van der Waals surface area contributed by atoms with E-state index in [1.807, 2.05) is 36.4 Å². The Hall–Kier alpha value is -3.18. The Balaban J connectivity index is 1.65. The number of ether oxygens (including phenoxy) is 1. The van der Waals surface area contributed by atoms with Gasteiger partial charge in [-0.15, -0.1) is 0 Å². The van der Waals surface area contributed by atoms with Gasteiger partial charge in [0, 0.05) is 37.2 Å². The van der Waals surface area contributed by atoms with Gasteiger partial charge in [0.05, 0.1) is 29.2 Å². The van der Waals surface area contributed by atoms with Crippen molar-refractivity contribution in [1.82, 2.24) is 9.88 Å². The lowest BCUT2D eigenvalue weighted by molar-refractivity contribution is 0.168. The van der Waals surface area contributed by atoms with Gasteiger partial charge in [0.1, 0.15) is 24.2 Å². The van der Waals surface area contributed by atoms with E-state index in [4.69, 9.17) is 22.1 Å². The van der Waals surface area contributed by atoms with E-state index in [0.717, 1.165) is 23.5 Å². The molecule has 2 heterocycles. The molecule has 2 atom stereocenters. The van der Waals surface area contributed by atoms with Crippen molar-refractivity contribution in [2.45, 2.75) is 19.0 Å². The Morgan fingerprint density at radius 1 is 1.21 bits per heavy atom. The fourth-order valence-corrected chi connectivity index (χ4v) is 4.48. The minimum Gasteiger partial charge on any atom is -0.492 e. The van der Waals surface area contributed by atoms with E-state index < -0.39 is 0 Å². The highest BCUT2D eigenvalue weighted by Crippen LogP contribution is 2.36. The second kappa shape index (κ2) is 10.8. The van der Waals surface area contributed by atoms with Crippen LogP contribution in [0.2, 0.25) is 5.02 Å². The van der Waals surface area contributed by atoms with E-state index in [1.165, 1.54) is 12.3 Å². The predicted molar refractivity (Wildman–Crippen MR) is 131 cm³/mol. The summed E-state index contributed by atoms with van der Waals surface area (Å²) in [5.74, 6) is 0.283. The van der Waals surface area contributed by atoms with Crippen LogP contribution >= 0.6 is 11.6 Å². The molecule has 1 aromatic heterocycles. The quantitative estimate of drug-likeness (QED) is 0.529. The van der Waals surface area contributed by atoms with Gasteiger partial charge in [-0.25, -0.2) is 4.39 Å². The summed E-state index contributed by atoms with van der Waals surface area (Å²) in [6, 6.07) is 18.9. The maximum atomic E-state index is 13.4. The number of pyridine rings is 1. The van der Waals surface area contributed by atoms with Crippen molar-refractivity contribution in [2.75, 3.05) is 37.7 Å². The van der Waals surface area contributed by atoms with Crippen molar-refractivity contribution in [3.63, 3.8) is 0 Å². The van der Waals surface area contributed by atoms with Crippen LogP contribution in [0, 0.1) is 17.1 Å². The smallest absolute Gasteiger partial charge is 0.141 e. The average molecular weight is 480 g/mol. The van der Waals surface area contributed by atoms with Crippen LogP contribution in [0.15, 0.2) is 60.8 Å². The Morgan fingerprint density at radius 2 is 2.00 bits per heavy atom. The average Bonchev–Trinajstić information content (AvgIpc) is 2.87. The van der Waals surface area contributed by atoms with Crippen LogP contribution in [0.5, 0.6) is 5.75 Å². The molecule has 176 valence electrons. The number of nitriles is 1. The normalized spacial score (nSPS) is 17.3. The molecule has 2 N–H and O–H groups in total. The fraction of sp³-hybridized carbons (Fsp3) is 0.308. The zero-order valence-electron chi connectivity index (χ0n) is 19.0. The van der Waals surface area contributed by atoms with E-state index in [9.17, 15) is 9.65 Å². The fourth-order valence-electron chi connectivity index (χ4n) is 4.36. The summed E-state index contributed by atoms with van der Waals surface area (Å²) in [5, 5.41) is 10.6. The molecule has 0 unspecified atom stereocenters. The molecule has 3 aromatic rings. The highest BCUT2D eigenvalue weighted by atomic mass is 35.5. The highest BCUT2D eigenvalue weighted by molar-refractivity contribution is 6.30. The van der Waals surface area contributed by atoms with Gasteiger partial charge in [-0.3, -0.25) is 9.88 Å². The molecule has 1 fully saturated rings. The van der Waals surface area contributed by atoms with Crippen LogP contribution in [0.3, 0.4) is 0 Å². The third kappa shape index (κ3) is 5.31. The van der Waals surface area contributed by atoms with Crippen LogP contribution in [0.25, 0.3) is 0 Å². The van der Waals surface area contributed by atoms with Gasteiger partial charge in [-0.1, -0.05) is 23.7 Å². The van der Waals surface area contributed by atoms with Crippen molar-refractivity contribution < 1.29 is 9.13 Å². The van der Waals surface area contributed by atoms with Crippen molar-refractivity contribution in [1.29, 1.82) is 5.26 Å². The minimum absolute atomic E-state index is 0.0139. The van der Waals surface area contributed by atoms with Gasteiger partial charge in [0.15, 0.2) is 0 Å². The Bertz CT molecular complexity index is 1150. The SMILES string of the molecule is C[C@H](c1ccc(F)cn1)N1CCN(c2ccc(OCCN)cc2C#N)[C@H](c2ccc(Cl)cc2)C1. The van der Waals surface area contributed by atoms with Crippen molar-refractivity contribution in [3.8, 4) is 11.8 Å². The first-order valence-corrected chi connectivity index (χ1v) is 11.6. The molecule has 34 heavy (non-hydrogen) atoms. The number of nitrogens with zero attached hydrogens (tertiary/aromatic N) is 4. The lowest BCUT2D eigenvalue weighted by Crippen LogP contribution is -2.49. The molecule has 1 aliphatic heterocycles. The zero-order valence-corrected chi connectivity index (χ0v) is 19.8. The summed E-state index contributed by atoms with van der Waals surface area (Å²) in [7, 11) is 0. The summed E-state index contributed by atoms with van der Waals surface area (Å²) in [6.45, 7) is 5.06. The van der Waals surface area contributed by atoms with Gasteiger partial charge in [-0.05, 0) is 55.0 Å². The molecule has 8 heteroatoms. The molecule has 0 radical (unpaired) electrons. The number of hydrogen-bond donors (Lipinski definition) is 1. The molecule has 2 aromatic carbocycles. The summed E-state index contributed by atoms with van der Waals surface area (Å²) in [4.78, 5) is 8.88. The third-order valence-electron chi connectivity index (χ3n) is 6.18. The van der Waals surface area contributed by atoms with E-state index in [-0.39, 0.29) is 17.9 Å². The topological polar surface area (TPSA) is 78.4 Å². The number of anilines is 1. The van der Waals surface area contributed by atoms with Crippen LogP contribution in [-0.2, 0) is 0 Å². The lowest BCUT2D eigenvalue weighted by Gasteiger charge is -2.45. The molecular weight excluding hydrogens is 453 g/mol. The molecule has 6 nitrogen and oxygen atoms in total.